The summed E-state index contributed by atoms with van der Waals surface area (Å²) in [5.74, 6) is 0. The maximum absolute atomic E-state index is 11.8. The number of unbranched alkanes of at least 4 members (excludes halogenated alkanes) is 1. The Morgan fingerprint density at radius 3 is 2.47 bits per heavy atom. The highest BCUT2D eigenvalue weighted by atomic mass is 32.2. The Bertz CT molecular complexity index is 577. The molecule has 0 saturated heterocycles. The van der Waals surface area contributed by atoms with E-state index >= 15 is 0 Å². The highest BCUT2D eigenvalue weighted by molar-refractivity contribution is 7.91. The number of nitrogens with one attached hydrogen (secondary N) is 1. The molecule has 0 spiro atoms. The first-order chi connectivity index (χ1) is 9.18. The minimum absolute atomic E-state index is 0.385. The van der Waals surface area contributed by atoms with E-state index in [2.05, 4.69) is 16.9 Å². The van der Waals surface area contributed by atoms with Crippen LogP contribution in [0.2, 0.25) is 0 Å². The standard InChI is InChI=1S/C14H17NO2S2/c16-19(17,14-10-6-12-18-14)15-11-5-4-9-13-7-2-1-3-8-13/h1-3,6-8,10,12,15H,4-5,9,11H2. The van der Waals surface area contributed by atoms with E-state index in [-0.39, 0.29) is 0 Å². The molecule has 0 atom stereocenters. The van der Waals surface area contributed by atoms with Gasteiger partial charge in [0.1, 0.15) is 4.21 Å². The lowest BCUT2D eigenvalue weighted by molar-refractivity contribution is 0.579. The number of thiophene rings is 1. The Kier molecular flexibility index (Phi) is 5.13. The molecule has 0 aliphatic heterocycles. The number of benzene rings is 1. The van der Waals surface area contributed by atoms with Gasteiger partial charge in [-0.05, 0) is 36.3 Å². The van der Waals surface area contributed by atoms with Crippen molar-refractivity contribution in [2.24, 2.45) is 0 Å². The van der Waals surface area contributed by atoms with Gasteiger partial charge < -0.3 is 0 Å². The van der Waals surface area contributed by atoms with Gasteiger partial charge in [0.15, 0.2) is 0 Å². The summed E-state index contributed by atoms with van der Waals surface area (Å²) in [6.07, 6.45) is 2.82. The Hall–Kier alpha value is -1.17. The van der Waals surface area contributed by atoms with E-state index in [9.17, 15) is 8.42 Å². The van der Waals surface area contributed by atoms with Gasteiger partial charge in [0.2, 0.25) is 10.0 Å². The third kappa shape index (κ3) is 4.45. The third-order valence-electron chi connectivity index (χ3n) is 2.79. The quantitative estimate of drug-likeness (QED) is 0.798. The van der Waals surface area contributed by atoms with Gasteiger partial charge in [-0.15, -0.1) is 11.3 Å². The molecule has 0 aliphatic carbocycles. The van der Waals surface area contributed by atoms with Crippen molar-refractivity contribution in [2.45, 2.75) is 23.5 Å². The molecular formula is C14H17NO2S2. The fraction of sp³-hybridized carbons (Fsp3) is 0.286. The zero-order valence-electron chi connectivity index (χ0n) is 10.6. The van der Waals surface area contributed by atoms with Gasteiger partial charge in [0.25, 0.3) is 0 Å². The fourth-order valence-corrected chi connectivity index (χ4v) is 3.90. The van der Waals surface area contributed by atoms with Gasteiger partial charge >= 0.3 is 0 Å². The summed E-state index contributed by atoms with van der Waals surface area (Å²) < 4.78 is 26.7. The number of rotatable bonds is 7. The van der Waals surface area contributed by atoms with E-state index in [4.69, 9.17) is 0 Å². The second-order valence-corrected chi connectivity index (χ2v) is 7.21. The van der Waals surface area contributed by atoms with Crippen LogP contribution < -0.4 is 4.72 Å². The third-order valence-corrected chi connectivity index (χ3v) is 5.65. The fourth-order valence-electron chi connectivity index (χ4n) is 1.79. The monoisotopic (exact) mass is 295 g/mol. The molecule has 5 heteroatoms. The molecule has 0 bridgehead atoms. The van der Waals surface area contributed by atoms with E-state index in [1.165, 1.54) is 16.9 Å². The zero-order valence-corrected chi connectivity index (χ0v) is 12.2. The minimum atomic E-state index is -3.29. The second kappa shape index (κ2) is 6.84. The second-order valence-electron chi connectivity index (χ2n) is 4.27. The summed E-state index contributed by atoms with van der Waals surface area (Å²) in [6.45, 7) is 0.493. The van der Waals surface area contributed by atoms with Gasteiger partial charge in [-0.1, -0.05) is 36.4 Å². The van der Waals surface area contributed by atoms with Crippen LogP contribution in [0, 0.1) is 0 Å². The summed E-state index contributed by atoms with van der Waals surface area (Å²) in [6, 6.07) is 13.6. The molecule has 0 aliphatic rings. The van der Waals surface area contributed by atoms with Crippen LogP contribution in [-0.2, 0) is 16.4 Å². The molecule has 102 valence electrons. The summed E-state index contributed by atoms with van der Waals surface area (Å²) >= 11 is 1.24. The first-order valence-electron chi connectivity index (χ1n) is 6.25. The molecule has 0 saturated carbocycles. The van der Waals surface area contributed by atoms with Crippen molar-refractivity contribution >= 4 is 21.4 Å². The maximum Gasteiger partial charge on any atom is 0.250 e. The topological polar surface area (TPSA) is 46.2 Å². The summed E-state index contributed by atoms with van der Waals surface area (Å²) in [5.41, 5.74) is 1.30. The average Bonchev–Trinajstić information content (AvgIpc) is 2.94. The minimum Gasteiger partial charge on any atom is -0.210 e. The first kappa shape index (κ1) is 14.2. The molecular weight excluding hydrogens is 278 g/mol. The van der Waals surface area contributed by atoms with Crippen LogP contribution in [-0.4, -0.2) is 15.0 Å². The molecule has 0 unspecified atom stereocenters. The Balaban J connectivity index is 1.70. The normalized spacial score (nSPS) is 11.6. The molecule has 0 radical (unpaired) electrons. The van der Waals surface area contributed by atoms with E-state index in [0.29, 0.717) is 10.8 Å². The number of hydrogen-bond donors (Lipinski definition) is 1. The largest absolute Gasteiger partial charge is 0.250 e. The van der Waals surface area contributed by atoms with Crippen LogP contribution in [0.4, 0.5) is 0 Å². The lowest BCUT2D eigenvalue weighted by Crippen LogP contribution is -2.24. The van der Waals surface area contributed by atoms with Gasteiger partial charge in [-0.25, -0.2) is 13.1 Å². The Morgan fingerprint density at radius 2 is 1.79 bits per heavy atom. The molecule has 2 aromatic rings. The lowest BCUT2D eigenvalue weighted by Gasteiger charge is -2.04. The molecule has 1 aromatic carbocycles. The van der Waals surface area contributed by atoms with Crippen LogP contribution in [0.25, 0.3) is 0 Å². The van der Waals surface area contributed by atoms with Gasteiger partial charge in [0, 0.05) is 6.54 Å². The number of sulfonamides is 1. The molecule has 3 nitrogen and oxygen atoms in total. The van der Waals surface area contributed by atoms with Crippen molar-refractivity contribution in [3.05, 3.63) is 53.4 Å². The summed E-state index contributed by atoms with van der Waals surface area (Å²) in [7, 11) is -3.29. The van der Waals surface area contributed by atoms with Gasteiger partial charge in [-0.3, -0.25) is 0 Å². The SMILES string of the molecule is O=S(=O)(NCCCCc1ccccc1)c1cccs1. The van der Waals surface area contributed by atoms with Crippen LogP contribution in [0.1, 0.15) is 18.4 Å². The van der Waals surface area contributed by atoms with Crippen molar-refractivity contribution < 1.29 is 8.42 Å². The van der Waals surface area contributed by atoms with Crippen LogP contribution in [0.5, 0.6) is 0 Å². The van der Waals surface area contributed by atoms with Crippen molar-refractivity contribution in [2.75, 3.05) is 6.54 Å². The van der Waals surface area contributed by atoms with Crippen LogP contribution in [0.15, 0.2) is 52.1 Å². The molecule has 2 rings (SSSR count). The highest BCUT2D eigenvalue weighted by Gasteiger charge is 2.13. The van der Waals surface area contributed by atoms with Gasteiger partial charge in [-0.2, -0.15) is 0 Å². The Morgan fingerprint density at radius 1 is 1.00 bits per heavy atom. The number of aryl methyl sites for hydroxylation is 1. The predicted molar refractivity (Wildman–Crippen MR) is 78.9 cm³/mol. The highest BCUT2D eigenvalue weighted by Crippen LogP contribution is 2.15. The first-order valence-corrected chi connectivity index (χ1v) is 8.62. The Labute approximate surface area is 118 Å². The van der Waals surface area contributed by atoms with Crippen molar-refractivity contribution in [1.82, 2.24) is 4.72 Å². The van der Waals surface area contributed by atoms with Crippen LogP contribution in [0.3, 0.4) is 0 Å². The average molecular weight is 295 g/mol. The molecule has 19 heavy (non-hydrogen) atoms. The molecule has 0 amide bonds. The maximum atomic E-state index is 11.8. The molecule has 1 heterocycles. The number of hydrogen-bond acceptors (Lipinski definition) is 3. The van der Waals surface area contributed by atoms with E-state index in [1.807, 2.05) is 18.2 Å². The van der Waals surface area contributed by atoms with Crippen molar-refractivity contribution in [3.63, 3.8) is 0 Å². The summed E-state index contributed by atoms with van der Waals surface area (Å²) in [5, 5.41) is 1.77. The van der Waals surface area contributed by atoms with E-state index < -0.39 is 10.0 Å². The summed E-state index contributed by atoms with van der Waals surface area (Å²) in [4.78, 5) is 0. The molecule has 0 fully saturated rings. The van der Waals surface area contributed by atoms with Gasteiger partial charge in [0.05, 0.1) is 0 Å². The smallest absolute Gasteiger partial charge is 0.210 e. The van der Waals surface area contributed by atoms with Crippen molar-refractivity contribution in [1.29, 1.82) is 0 Å². The van der Waals surface area contributed by atoms with E-state index in [1.54, 1.807) is 17.5 Å². The lowest BCUT2D eigenvalue weighted by atomic mass is 10.1. The van der Waals surface area contributed by atoms with Crippen LogP contribution >= 0.6 is 11.3 Å². The van der Waals surface area contributed by atoms with Crippen molar-refractivity contribution in [3.8, 4) is 0 Å². The predicted octanol–water partition coefficient (Wildman–Crippen LogP) is 3.05. The molecule has 1 N–H and O–H groups in total. The van der Waals surface area contributed by atoms with E-state index in [0.717, 1.165) is 19.3 Å². The zero-order chi connectivity index (χ0) is 13.6. The molecule has 1 aromatic heterocycles.